The normalized spacial score (nSPS) is 16.6. The van der Waals surface area contributed by atoms with Crippen LogP contribution in [0.25, 0.3) is 0 Å². The van der Waals surface area contributed by atoms with Crippen LogP contribution in [-0.2, 0) is 11.3 Å². The Labute approximate surface area is 163 Å². The van der Waals surface area contributed by atoms with E-state index in [4.69, 9.17) is 21.1 Å². The van der Waals surface area contributed by atoms with E-state index in [9.17, 15) is 18.0 Å². The van der Waals surface area contributed by atoms with E-state index in [1.54, 1.807) is 6.07 Å². The van der Waals surface area contributed by atoms with Gasteiger partial charge in [0, 0.05) is 24.7 Å². The lowest BCUT2D eigenvalue weighted by atomic mass is 10.2. The van der Waals surface area contributed by atoms with Gasteiger partial charge in [-0.3, -0.25) is 4.79 Å². The summed E-state index contributed by atoms with van der Waals surface area (Å²) in [6.45, 7) is 0.877. The second-order valence-corrected chi connectivity index (χ2v) is 6.36. The number of ether oxygens (including phenoxy) is 3. The van der Waals surface area contributed by atoms with Gasteiger partial charge in [-0.05, 0) is 12.1 Å². The lowest BCUT2D eigenvalue weighted by Gasteiger charge is -2.14. The molecular weight excluding hydrogens is 401 g/mol. The quantitative estimate of drug-likeness (QED) is 0.777. The number of carbonyl (C=O) groups is 1. The van der Waals surface area contributed by atoms with Gasteiger partial charge in [0.1, 0.15) is 16.9 Å². The highest BCUT2D eigenvalue weighted by Crippen LogP contribution is 2.27. The van der Waals surface area contributed by atoms with E-state index in [1.807, 2.05) is 0 Å². The maximum atomic E-state index is 12.5. The number of hydrogen-bond acceptors (Lipinski definition) is 5. The lowest BCUT2D eigenvalue weighted by molar-refractivity contribution is -0.274. The van der Waals surface area contributed by atoms with Crippen molar-refractivity contribution in [1.29, 1.82) is 0 Å². The first kappa shape index (κ1) is 20.2. The summed E-state index contributed by atoms with van der Waals surface area (Å²) in [7, 11) is 0. The molecule has 1 aromatic heterocycles. The third-order valence-corrected chi connectivity index (χ3v) is 4.14. The first-order chi connectivity index (χ1) is 13.3. The second-order valence-electron chi connectivity index (χ2n) is 5.95. The topological polar surface area (TPSA) is 69.7 Å². The predicted octanol–water partition coefficient (Wildman–Crippen LogP) is 3.73. The van der Waals surface area contributed by atoms with Crippen LogP contribution < -0.4 is 14.8 Å². The first-order valence-electron chi connectivity index (χ1n) is 8.33. The van der Waals surface area contributed by atoms with Gasteiger partial charge in [-0.2, -0.15) is 0 Å². The zero-order valence-electron chi connectivity index (χ0n) is 14.5. The van der Waals surface area contributed by atoms with Crippen LogP contribution in [-0.4, -0.2) is 36.6 Å². The fourth-order valence-corrected chi connectivity index (χ4v) is 2.76. The maximum absolute atomic E-state index is 12.5. The molecule has 1 N–H and O–H groups in total. The molecule has 1 fully saturated rings. The summed E-state index contributed by atoms with van der Waals surface area (Å²) in [5.41, 5.74) is 0.322. The summed E-state index contributed by atoms with van der Waals surface area (Å²) in [5.74, 6) is -0.737. The molecule has 0 aliphatic carbocycles. The van der Waals surface area contributed by atoms with Gasteiger partial charge in [0.15, 0.2) is 0 Å². The number of nitrogens with zero attached hydrogens (tertiary/aromatic N) is 1. The van der Waals surface area contributed by atoms with Gasteiger partial charge in [-0.1, -0.05) is 29.8 Å². The van der Waals surface area contributed by atoms with Crippen molar-refractivity contribution in [3.8, 4) is 11.6 Å². The van der Waals surface area contributed by atoms with Crippen LogP contribution in [0.15, 0.2) is 36.5 Å². The number of rotatable bonds is 6. The van der Waals surface area contributed by atoms with E-state index in [2.05, 4.69) is 15.0 Å². The van der Waals surface area contributed by atoms with Crippen molar-refractivity contribution in [1.82, 2.24) is 10.3 Å². The molecule has 1 unspecified atom stereocenters. The Morgan fingerprint density at radius 2 is 2.14 bits per heavy atom. The largest absolute Gasteiger partial charge is 0.573 e. The molecule has 0 saturated carbocycles. The summed E-state index contributed by atoms with van der Waals surface area (Å²) < 4.78 is 52.2. The third kappa shape index (κ3) is 5.49. The van der Waals surface area contributed by atoms with Gasteiger partial charge in [0.2, 0.25) is 5.88 Å². The zero-order valence-corrected chi connectivity index (χ0v) is 15.2. The highest BCUT2D eigenvalue weighted by molar-refractivity contribution is 6.32. The highest BCUT2D eigenvalue weighted by atomic mass is 35.5. The van der Waals surface area contributed by atoms with Crippen LogP contribution in [0.4, 0.5) is 13.2 Å². The molecule has 1 aromatic carbocycles. The van der Waals surface area contributed by atoms with E-state index in [0.29, 0.717) is 13.2 Å². The second kappa shape index (κ2) is 8.66. The summed E-state index contributed by atoms with van der Waals surface area (Å²) in [6, 6.07) is 6.93. The Morgan fingerprint density at radius 1 is 1.36 bits per heavy atom. The van der Waals surface area contributed by atoms with Gasteiger partial charge < -0.3 is 19.5 Å². The van der Waals surface area contributed by atoms with Crippen LogP contribution in [0.2, 0.25) is 5.02 Å². The third-order valence-electron chi connectivity index (χ3n) is 3.87. The Morgan fingerprint density at radius 3 is 2.82 bits per heavy atom. The highest BCUT2D eigenvalue weighted by Gasteiger charge is 2.32. The van der Waals surface area contributed by atoms with Crippen molar-refractivity contribution < 1.29 is 32.2 Å². The molecule has 0 spiro atoms. The molecule has 6 nitrogen and oxygen atoms in total. The number of amides is 1. The van der Waals surface area contributed by atoms with Crippen molar-refractivity contribution in [3.63, 3.8) is 0 Å². The number of carbonyl (C=O) groups excluding carboxylic acids is 1. The molecule has 1 amide bonds. The van der Waals surface area contributed by atoms with E-state index < -0.39 is 12.3 Å². The van der Waals surface area contributed by atoms with Crippen LogP contribution in [0.1, 0.15) is 22.3 Å². The van der Waals surface area contributed by atoms with Gasteiger partial charge in [0.25, 0.3) is 5.91 Å². The number of hydrogen-bond donors (Lipinski definition) is 1. The van der Waals surface area contributed by atoms with E-state index in [0.717, 1.165) is 6.42 Å². The minimum absolute atomic E-state index is 0.144. The minimum atomic E-state index is -4.82. The number of nitrogens with one attached hydrogen (secondary N) is 1. The molecule has 3 rings (SSSR count). The molecule has 1 saturated heterocycles. The Bertz CT molecular complexity index is 842. The Balaban J connectivity index is 1.63. The fourth-order valence-electron chi connectivity index (χ4n) is 2.55. The molecule has 150 valence electrons. The average molecular weight is 417 g/mol. The van der Waals surface area contributed by atoms with Gasteiger partial charge in [-0.15, -0.1) is 13.2 Å². The number of benzene rings is 1. The predicted molar refractivity (Wildman–Crippen MR) is 93.4 cm³/mol. The monoisotopic (exact) mass is 416 g/mol. The van der Waals surface area contributed by atoms with E-state index >= 15 is 0 Å². The van der Waals surface area contributed by atoms with Crippen molar-refractivity contribution in [3.05, 3.63) is 52.7 Å². The number of para-hydroxylation sites is 1. The molecule has 1 aliphatic rings. The number of halogens is 4. The lowest BCUT2D eigenvalue weighted by Crippen LogP contribution is -2.24. The SMILES string of the molecule is O=C(NCc1ccccc1OC(F)(F)F)c1cnc(OC2CCOC2)c(Cl)c1. The standard InChI is InChI=1S/C18H16ClF3N2O4/c19-14-7-12(9-24-17(14)27-13-5-6-26-10-13)16(25)23-8-11-3-1-2-4-15(11)28-18(20,21)22/h1-4,7,9,13H,5-6,8,10H2,(H,23,25). The molecule has 2 aromatic rings. The molecule has 28 heavy (non-hydrogen) atoms. The fraction of sp³-hybridized carbons (Fsp3) is 0.333. The van der Waals surface area contributed by atoms with Crippen molar-refractivity contribution in [2.45, 2.75) is 25.4 Å². The van der Waals surface area contributed by atoms with Gasteiger partial charge in [-0.25, -0.2) is 4.98 Å². The minimum Gasteiger partial charge on any atom is -0.471 e. The summed E-state index contributed by atoms with van der Waals surface area (Å²) in [5, 5.41) is 2.67. The van der Waals surface area contributed by atoms with E-state index in [1.165, 1.54) is 30.5 Å². The molecule has 1 aliphatic heterocycles. The molecule has 10 heteroatoms. The van der Waals surface area contributed by atoms with Crippen molar-refractivity contribution in [2.24, 2.45) is 0 Å². The maximum Gasteiger partial charge on any atom is 0.573 e. The van der Waals surface area contributed by atoms with Crippen molar-refractivity contribution >= 4 is 17.5 Å². The molecule has 1 atom stereocenters. The van der Waals surface area contributed by atoms with E-state index in [-0.39, 0.29) is 40.4 Å². The van der Waals surface area contributed by atoms with Gasteiger partial charge >= 0.3 is 6.36 Å². The number of alkyl halides is 3. The summed E-state index contributed by atoms with van der Waals surface area (Å²) in [4.78, 5) is 16.3. The molecule has 0 bridgehead atoms. The van der Waals surface area contributed by atoms with Crippen LogP contribution in [0.3, 0.4) is 0 Å². The summed E-state index contributed by atoms with van der Waals surface area (Å²) >= 11 is 6.11. The van der Waals surface area contributed by atoms with Gasteiger partial charge in [0.05, 0.1) is 18.8 Å². The molecule has 2 heterocycles. The smallest absolute Gasteiger partial charge is 0.471 e. The molecular formula is C18H16ClF3N2O4. The Hall–Kier alpha value is -2.52. The van der Waals surface area contributed by atoms with Crippen LogP contribution in [0.5, 0.6) is 11.6 Å². The summed E-state index contributed by atoms with van der Waals surface area (Å²) in [6.07, 6.45) is -2.96. The average Bonchev–Trinajstić information content (AvgIpc) is 3.14. The number of aromatic nitrogens is 1. The van der Waals surface area contributed by atoms with Crippen LogP contribution in [0, 0.1) is 0 Å². The van der Waals surface area contributed by atoms with Crippen LogP contribution >= 0.6 is 11.6 Å². The Kier molecular flexibility index (Phi) is 6.25. The van der Waals surface area contributed by atoms with Crippen molar-refractivity contribution in [2.75, 3.05) is 13.2 Å². The molecule has 0 radical (unpaired) electrons. The first-order valence-corrected chi connectivity index (χ1v) is 8.71. The number of pyridine rings is 1. The zero-order chi connectivity index (χ0) is 20.1.